The standard InChI is InChI=1S/C24H29N3O6/c1-15(16-5-3-2-4-6-16)25-23(29)12-18-8-9-19(22(13-28)33-18)27-24(30)26-17-7-10-20-21(11-17)32-14-31-20/h2-7,10-11,15,18-19,22,28H,8-9,12-14H2,1H3,(H,25,29)(H2,26,27,30)/t15-,18-,19-,22+/m0/s1. The Morgan fingerprint density at radius 1 is 1.09 bits per heavy atom. The summed E-state index contributed by atoms with van der Waals surface area (Å²) in [5.41, 5.74) is 1.59. The summed E-state index contributed by atoms with van der Waals surface area (Å²) in [6.07, 6.45) is 0.472. The van der Waals surface area contributed by atoms with Crippen molar-refractivity contribution in [3.8, 4) is 11.5 Å². The fourth-order valence-corrected chi connectivity index (χ4v) is 4.09. The van der Waals surface area contributed by atoms with Crippen LogP contribution in [0.3, 0.4) is 0 Å². The van der Waals surface area contributed by atoms with Crippen LogP contribution in [0.2, 0.25) is 0 Å². The van der Waals surface area contributed by atoms with Gasteiger partial charge in [0.25, 0.3) is 0 Å². The average molecular weight is 456 g/mol. The van der Waals surface area contributed by atoms with Gasteiger partial charge in [0.1, 0.15) is 6.10 Å². The molecule has 33 heavy (non-hydrogen) atoms. The summed E-state index contributed by atoms with van der Waals surface area (Å²) in [6.45, 7) is 1.84. The van der Waals surface area contributed by atoms with E-state index < -0.39 is 12.1 Å². The van der Waals surface area contributed by atoms with Gasteiger partial charge in [-0.05, 0) is 37.5 Å². The highest BCUT2D eigenvalue weighted by atomic mass is 16.7. The van der Waals surface area contributed by atoms with Crippen molar-refractivity contribution >= 4 is 17.6 Å². The molecule has 176 valence electrons. The van der Waals surface area contributed by atoms with Gasteiger partial charge in [0.15, 0.2) is 11.5 Å². The molecule has 0 aliphatic carbocycles. The minimum Gasteiger partial charge on any atom is -0.454 e. The van der Waals surface area contributed by atoms with Crippen LogP contribution >= 0.6 is 0 Å². The number of carbonyl (C=O) groups is 2. The number of benzene rings is 2. The molecule has 2 aliphatic rings. The fraction of sp³-hybridized carbons (Fsp3) is 0.417. The van der Waals surface area contributed by atoms with Crippen LogP contribution < -0.4 is 25.4 Å². The molecule has 4 N–H and O–H groups in total. The van der Waals surface area contributed by atoms with Crippen molar-refractivity contribution in [1.82, 2.24) is 10.6 Å². The lowest BCUT2D eigenvalue weighted by atomic mass is 9.97. The SMILES string of the molecule is C[C@H](NC(=O)C[C@@H]1CC[C@H](NC(=O)Nc2ccc3c(c2)OCO3)[C@@H](CO)O1)c1ccccc1. The number of hydrogen-bond donors (Lipinski definition) is 4. The number of urea groups is 1. The molecular weight excluding hydrogens is 426 g/mol. The van der Waals surface area contributed by atoms with E-state index in [2.05, 4.69) is 16.0 Å². The van der Waals surface area contributed by atoms with E-state index in [-0.39, 0.29) is 43.9 Å². The van der Waals surface area contributed by atoms with E-state index >= 15 is 0 Å². The molecule has 9 nitrogen and oxygen atoms in total. The van der Waals surface area contributed by atoms with Gasteiger partial charge in [-0.1, -0.05) is 30.3 Å². The molecule has 9 heteroatoms. The molecule has 0 radical (unpaired) electrons. The van der Waals surface area contributed by atoms with Crippen molar-refractivity contribution in [3.05, 3.63) is 54.1 Å². The first-order valence-electron chi connectivity index (χ1n) is 11.1. The smallest absolute Gasteiger partial charge is 0.319 e. The van der Waals surface area contributed by atoms with E-state index in [9.17, 15) is 14.7 Å². The summed E-state index contributed by atoms with van der Waals surface area (Å²) in [5.74, 6) is 1.10. The average Bonchev–Trinajstić information content (AvgIpc) is 3.28. The Bertz CT molecular complexity index is 970. The molecule has 0 saturated carbocycles. The van der Waals surface area contributed by atoms with Gasteiger partial charge in [0.2, 0.25) is 12.7 Å². The molecule has 3 amide bonds. The van der Waals surface area contributed by atoms with Crippen molar-refractivity contribution in [2.24, 2.45) is 0 Å². The number of ether oxygens (including phenoxy) is 3. The molecule has 2 aromatic carbocycles. The van der Waals surface area contributed by atoms with Crippen LogP contribution in [0.25, 0.3) is 0 Å². The minimum atomic E-state index is -0.592. The number of rotatable bonds is 7. The second-order valence-electron chi connectivity index (χ2n) is 8.23. The van der Waals surface area contributed by atoms with E-state index in [0.717, 1.165) is 5.56 Å². The number of aliphatic hydroxyl groups excluding tert-OH is 1. The van der Waals surface area contributed by atoms with Crippen LogP contribution in [0.1, 0.15) is 37.8 Å². The maximum Gasteiger partial charge on any atom is 0.319 e. The first-order chi connectivity index (χ1) is 16.0. The lowest BCUT2D eigenvalue weighted by Crippen LogP contribution is -2.52. The van der Waals surface area contributed by atoms with E-state index in [4.69, 9.17) is 14.2 Å². The van der Waals surface area contributed by atoms with E-state index in [1.807, 2.05) is 37.3 Å². The van der Waals surface area contributed by atoms with E-state index in [1.54, 1.807) is 18.2 Å². The van der Waals surface area contributed by atoms with Gasteiger partial charge in [0.05, 0.1) is 31.2 Å². The first kappa shape index (κ1) is 22.9. The van der Waals surface area contributed by atoms with Crippen molar-refractivity contribution in [2.75, 3.05) is 18.7 Å². The van der Waals surface area contributed by atoms with Crippen LogP contribution in [-0.2, 0) is 9.53 Å². The predicted molar refractivity (Wildman–Crippen MR) is 121 cm³/mol. The molecule has 4 rings (SSSR count). The molecule has 2 aliphatic heterocycles. The van der Waals surface area contributed by atoms with Crippen LogP contribution in [0, 0.1) is 0 Å². The number of amides is 3. The van der Waals surface area contributed by atoms with Crippen molar-refractivity contribution in [3.63, 3.8) is 0 Å². The Morgan fingerprint density at radius 3 is 2.67 bits per heavy atom. The lowest BCUT2D eigenvalue weighted by Gasteiger charge is -2.36. The van der Waals surface area contributed by atoms with E-state index in [1.165, 1.54) is 0 Å². The predicted octanol–water partition coefficient (Wildman–Crippen LogP) is 2.71. The summed E-state index contributed by atoms with van der Waals surface area (Å²) in [6, 6.07) is 14.0. The molecule has 1 fully saturated rings. The molecule has 2 heterocycles. The quantitative estimate of drug-likeness (QED) is 0.510. The summed E-state index contributed by atoms with van der Waals surface area (Å²) in [5, 5.41) is 18.4. The zero-order chi connectivity index (χ0) is 23.2. The molecule has 0 spiro atoms. The van der Waals surface area contributed by atoms with Gasteiger partial charge in [-0.15, -0.1) is 0 Å². The summed E-state index contributed by atoms with van der Waals surface area (Å²) >= 11 is 0. The van der Waals surface area contributed by atoms with Gasteiger partial charge in [-0.2, -0.15) is 0 Å². The molecule has 0 bridgehead atoms. The number of fused-ring (bicyclic) bond motifs is 1. The topological polar surface area (TPSA) is 118 Å². The monoisotopic (exact) mass is 455 g/mol. The van der Waals surface area contributed by atoms with Gasteiger partial charge >= 0.3 is 6.03 Å². The van der Waals surface area contributed by atoms with E-state index in [0.29, 0.717) is 30.0 Å². The third-order valence-electron chi connectivity index (χ3n) is 5.83. The Morgan fingerprint density at radius 2 is 1.88 bits per heavy atom. The number of hydrogen-bond acceptors (Lipinski definition) is 6. The highest BCUT2D eigenvalue weighted by molar-refractivity contribution is 5.90. The number of aliphatic hydroxyl groups is 1. The zero-order valence-corrected chi connectivity index (χ0v) is 18.5. The normalized spacial score (nSPS) is 22.3. The fourth-order valence-electron chi connectivity index (χ4n) is 4.09. The van der Waals surface area contributed by atoms with Crippen molar-refractivity contribution in [1.29, 1.82) is 0 Å². The number of anilines is 1. The zero-order valence-electron chi connectivity index (χ0n) is 18.5. The van der Waals surface area contributed by atoms with Gasteiger partial charge < -0.3 is 35.3 Å². The van der Waals surface area contributed by atoms with Gasteiger partial charge in [0, 0.05) is 11.8 Å². The largest absolute Gasteiger partial charge is 0.454 e. The second-order valence-corrected chi connectivity index (χ2v) is 8.23. The van der Waals surface area contributed by atoms with Gasteiger partial charge in [-0.3, -0.25) is 4.79 Å². The van der Waals surface area contributed by atoms with Crippen LogP contribution in [0.4, 0.5) is 10.5 Å². The molecule has 4 atom stereocenters. The molecule has 2 aromatic rings. The highest BCUT2D eigenvalue weighted by Gasteiger charge is 2.33. The molecule has 0 aromatic heterocycles. The first-order valence-corrected chi connectivity index (χ1v) is 11.1. The lowest BCUT2D eigenvalue weighted by molar-refractivity contribution is -0.131. The molecule has 1 saturated heterocycles. The van der Waals surface area contributed by atoms with Crippen molar-refractivity contribution < 1.29 is 28.9 Å². The third-order valence-corrected chi connectivity index (χ3v) is 5.83. The summed E-state index contributed by atoms with van der Waals surface area (Å²) in [7, 11) is 0. The van der Waals surface area contributed by atoms with Crippen LogP contribution in [0.15, 0.2) is 48.5 Å². The summed E-state index contributed by atoms with van der Waals surface area (Å²) < 4.78 is 16.5. The molecular formula is C24H29N3O6. The van der Waals surface area contributed by atoms with Crippen LogP contribution in [-0.4, -0.2) is 48.7 Å². The second kappa shape index (κ2) is 10.5. The van der Waals surface area contributed by atoms with Crippen LogP contribution in [0.5, 0.6) is 11.5 Å². The summed E-state index contributed by atoms with van der Waals surface area (Å²) in [4.78, 5) is 24.9. The van der Waals surface area contributed by atoms with Crippen molar-refractivity contribution in [2.45, 2.75) is 50.5 Å². The number of nitrogens with one attached hydrogen (secondary N) is 3. The van der Waals surface area contributed by atoms with Gasteiger partial charge in [-0.25, -0.2) is 4.79 Å². The molecule has 0 unspecified atom stereocenters. The third kappa shape index (κ3) is 5.94. The minimum absolute atomic E-state index is 0.106. The Labute approximate surface area is 192 Å². The maximum absolute atomic E-state index is 12.5. The Kier molecular flexibility index (Phi) is 7.31. The Hall–Kier alpha value is -3.30. The maximum atomic E-state index is 12.5. The number of carbonyl (C=O) groups excluding carboxylic acids is 2. The highest BCUT2D eigenvalue weighted by Crippen LogP contribution is 2.34. The Balaban J connectivity index is 1.25.